The van der Waals surface area contributed by atoms with Gasteiger partial charge in [-0.05, 0) is 24.3 Å². The highest BCUT2D eigenvalue weighted by Crippen LogP contribution is 2.29. The molecule has 1 amide bonds. The van der Waals surface area contributed by atoms with Gasteiger partial charge in [0.25, 0.3) is 0 Å². The van der Waals surface area contributed by atoms with Crippen LogP contribution in [0.15, 0.2) is 48.7 Å². The van der Waals surface area contributed by atoms with E-state index in [2.05, 4.69) is 9.30 Å². The maximum absolute atomic E-state index is 11.7. The standard InChI is InChI=1S/C21H21ClN4O3/c22-15-6-4-14(5-7-15)20-18(25-8-2-1-3-19(25)23-20)11-24-9-16-12-29-13-17(10-24)26(16)21(27)28/h1-8,16-17H,9-13H2,(H,27,28). The van der Waals surface area contributed by atoms with E-state index in [1.54, 1.807) is 4.90 Å². The fraction of sp³-hybridized carbons (Fsp3) is 0.333. The van der Waals surface area contributed by atoms with E-state index in [4.69, 9.17) is 21.3 Å². The van der Waals surface area contributed by atoms with Crippen LogP contribution in [-0.4, -0.2) is 68.8 Å². The van der Waals surface area contributed by atoms with Crippen LogP contribution in [0, 0.1) is 0 Å². The third kappa shape index (κ3) is 3.35. The van der Waals surface area contributed by atoms with Gasteiger partial charge in [0.05, 0.1) is 36.7 Å². The summed E-state index contributed by atoms with van der Waals surface area (Å²) in [5.74, 6) is 0. The molecule has 2 aliphatic rings. The first-order chi connectivity index (χ1) is 14.1. The summed E-state index contributed by atoms with van der Waals surface area (Å²) in [5, 5.41) is 10.3. The van der Waals surface area contributed by atoms with Crippen LogP contribution in [0.3, 0.4) is 0 Å². The summed E-state index contributed by atoms with van der Waals surface area (Å²) in [6.45, 7) is 2.85. The average Bonchev–Trinajstić information content (AvgIpc) is 3.06. The van der Waals surface area contributed by atoms with Gasteiger partial charge in [-0.2, -0.15) is 0 Å². The monoisotopic (exact) mass is 412 g/mol. The Kier molecular flexibility index (Phi) is 4.66. The topological polar surface area (TPSA) is 70.3 Å². The molecular weight excluding hydrogens is 392 g/mol. The number of imidazole rings is 1. The lowest BCUT2D eigenvalue weighted by Gasteiger charge is -2.48. The summed E-state index contributed by atoms with van der Waals surface area (Å²) in [4.78, 5) is 20.4. The number of fused-ring (bicyclic) bond motifs is 3. The van der Waals surface area contributed by atoms with Crippen molar-refractivity contribution in [2.24, 2.45) is 0 Å². The van der Waals surface area contributed by atoms with Gasteiger partial charge >= 0.3 is 6.09 Å². The Morgan fingerprint density at radius 3 is 2.55 bits per heavy atom. The first-order valence-corrected chi connectivity index (χ1v) is 10.0. The van der Waals surface area contributed by atoms with Crippen LogP contribution in [0.5, 0.6) is 0 Å². The second-order valence-corrected chi connectivity index (χ2v) is 8.01. The van der Waals surface area contributed by atoms with Crippen molar-refractivity contribution in [3.8, 4) is 11.3 Å². The predicted molar refractivity (Wildman–Crippen MR) is 109 cm³/mol. The molecule has 150 valence electrons. The van der Waals surface area contributed by atoms with Crippen LogP contribution < -0.4 is 0 Å². The number of benzene rings is 1. The smallest absolute Gasteiger partial charge is 0.408 e. The molecule has 0 radical (unpaired) electrons. The number of pyridine rings is 1. The first-order valence-electron chi connectivity index (χ1n) is 9.63. The van der Waals surface area contributed by atoms with Gasteiger partial charge in [0.15, 0.2) is 0 Å². The number of nitrogens with zero attached hydrogens (tertiary/aromatic N) is 4. The minimum atomic E-state index is -0.861. The van der Waals surface area contributed by atoms with Crippen molar-refractivity contribution in [2.75, 3.05) is 26.3 Å². The molecule has 4 heterocycles. The number of amides is 1. The number of ether oxygens (including phenoxy) is 1. The van der Waals surface area contributed by atoms with E-state index in [-0.39, 0.29) is 12.1 Å². The number of carboxylic acid groups (broad SMARTS) is 1. The normalized spacial score (nSPS) is 22.2. The molecule has 1 N–H and O–H groups in total. The van der Waals surface area contributed by atoms with Crippen LogP contribution in [0.2, 0.25) is 5.02 Å². The lowest BCUT2D eigenvalue weighted by molar-refractivity contribution is -0.0850. The molecule has 29 heavy (non-hydrogen) atoms. The first kappa shape index (κ1) is 18.4. The molecule has 2 bridgehead atoms. The highest BCUT2D eigenvalue weighted by Gasteiger charge is 2.41. The molecule has 3 aromatic rings. The molecular formula is C21H21ClN4O3. The largest absolute Gasteiger partial charge is 0.465 e. The zero-order valence-electron chi connectivity index (χ0n) is 15.7. The number of halogens is 1. The van der Waals surface area contributed by atoms with Gasteiger partial charge in [-0.25, -0.2) is 9.78 Å². The number of hydrogen-bond donors (Lipinski definition) is 1. The Balaban J connectivity index is 1.50. The van der Waals surface area contributed by atoms with Crippen LogP contribution in [-0.2, 0) is 11.3 Å². The number of morpholine rings is 1. The number of rotatable bonds is 3. The molecule has 0 saturated carbocycles. The molecule has 8 heteroatoms. The van der Waals surface area contributed by atoms with Crippen LogP contribution in [0.4, 0.5) is 4.79 Å². The summed E-state index contributed by atoms with van der Waals surface area (Å²) >= 11 is 6.07. The second-order valence-electron chi connectivity index (χ2n) is 7.57. The van der Waals surface area contributed by atoms with Gasteiger partial charge in [0, 0.05) is 36.4 Å². The van der Waals surface area contributed by atoms with Crippen molar-refractivity contribution < 1.29 is 14.6 Å². The maximum Gasteiger partial charge on any atom is 0.408 e. The van der Waals surface area contributed by atoms with Crippen molar-refractivity contribution in [1.29, 1.82) is 0 Å². The average molecular weight is 413 g/mol. The molecule has 5 rings (SSSR count). The predicted octanol–water partition coefficient (Wildman–Crippen LogP) is 3.22. The molecule has 0 spiro atoms. The summed E-state index contributed by atoms with van der Waals surface area (Å²) in [6, 6.07) is 13.4. The van der Waals surface area contributed by atoms with Crippen molar-refractivity contribution in [3.63, 3.8) is 0 Å². The summed E-state index contributed by atoms with van der Waals surface area (Å²) in [6.07, 6.45) is 1.16. The van der Waals surface area contributed by atoms with E-state index in [0.717, 1.165) is 22.6 Å². The Morgan fingerprint density at radius 2 is 1.86 bits per heavy atom. The lowest BCUT2D eigenvalue weighted by Crippen LogP contribution is -2.65. The number of carbonyl (C=O) groups is 1. The van der Waals surface area contributed by atoms with E-state index >= 15 is 0 Å². The van der Waals surface area contributed by atoms with E-state index in [1.807, 2.05) is 48.7 Å². The Hall–Kier alpha value is -2.61. The summed E-state index contributed by atoms with van der Waals surface area (Å²) in [5.41, 5.74) is 3.92. The summed E-state index contributed by atoms with van der Waals surface area (Å²) in [7, 11) is 0. The zero-order valence-corrected chi connectivity index (χ0v) is 16.5. The highest BCUT2D eigenvalue weighted by molar-refractivity contribution is 6.30. The molecule has 7 nitrogen and oxygen atoms in total. The van der Waals surface area contributed by atoms with E-state index in [1.165, 1.54) is 0 Å². The van der Waals surface area contributed by atoms with Gasteiger partial charge in [-0.15, -0.1) is 0 Å². The van der Waals surface area contributed by atoms with Crippen LogP contribution >= 0.6 is 11.6 Å². The van der Waals surface area contributed by atoms with Crippen LogP contribution in [0.25, 0.3) is 16.9 Å². The van der Waals surface area contributed by atoms with E-state index < -0.39 is 6.09 Å². The number of hydrogen-bond acceptors (Lipinski definition) is 4. The molecule has 2 fully saturated rings. The van der Waals surface area contributed by atoms with Gasteiger partial charge in [0.2, 0.25) is 0 Å². The fourth-order valence-electron chi connectivity index (χ4n) is 4.44. The van der Waals surface area contributed by atoms with Crippen molar-refractivity contribution in [3.05, 3.63) is 59.4 Å². The van der Waals surface area contributed by atoms with Gasteiger partial charge in [0.1, 0.15) is 5.65 Å². The highest BCUT2D eigenvalue weighted by atomic mass is 35.5. The third-order valence-corrected chi connectivity index (χ3v) is 5.94. The van der Waals surface area contributed by atoms with E-state index in [9.17, 15) is 9.90 Å². The van der Waals surface area contributed by atoms with Gasteiger partial charge in [-0.1, -0.05) is 29.8 Å². The molecule has 2 aromatic heterocycles. The minimum absolute atomic E-state index is 0.141. The SMILES string of the molecule is O=C(O)N1C2COCC1CN(Cc1c(-c3ccc(Cl)cc3)nc3ccccn13)C2. The molecule has 1 aromatic carbocycles. The van der Waals surface area contributed by atoms with Crippen molar-refractivity contribution >= 4 is 23.3 Å². The molecule has 2 atom stereocenters. The Morgan fingerprint density at radius 1 is 1.14 bits per heavy atom. The minimum Gasteiger partial charge on any atom is -0.465 e. The lowest BCUT2D eigenvalue weighted by atomic mass is 10.0. The molecule has 2 saturated heterocycles. The fourth-order valence-corrected chi connectivity index (χ4v) is 4.57. The van der Waals surface area contributed by atoms with E-state index in [0.29, 0.717) is 37.9 Å². The Labute approximate surface area is 173 Å². The van der Waals surface area contributed by atoms with Crippen molar-refractivity contribution in [2.45, 2.75) is 18.6 Å². The van der Waals surface area contributed by atoms with Gasteiger partial charge in [-0.3, -0.25) is 9.80 Å². The molecule has 0 aliphatic carbocycles. The zero-order chi connectivity index (χ0) is 20.0. The number of aromatic nitrogens is 2. The summed E-state index contributed by atoms with van der Waals surface area (Å²) < 4.78 is 7.72. The van der Waals surface area contributed by atoms with Gasteiger partial charge < -0.3 is 14.2 Å². The quantitative estimate of drug-likeness (QED) is 0.715. The van der Waals surface area contributed by atoms with Crippen LogP contribution in [0.1, 0.15) is 5.69 Å². The second kappa shape index (κ2) is 7.33. The third-order valence-electron chi connectivity index (χ3n) is 5.69. The Bertz CT molecular complexity index is 1040. The number of piperazine rings is 1. The molecule has 2 aliphatic heterocycles. The van der Waals surface area contributed by atoms with Crippen molar-refractivity contribution in [1.82, 2.24) is 19.2 Å². The molecule has 2 unspecified atom stereocenters. The maximum atomic E-state index is 11.7.